The van der Waals surface area contributed by atoms with Crippen molar-refractivity contribution in [1.82, 2.24) is 24.3 Å². The van der Waals surface area contributed by atoms with Gasteiger partial charge >= 0.3 is 6.09 Å². The lowest BCUT2D eigenvalue weighted by Crippen LogP contribution is -2.66. The zero-order chi connectivity index (χ0) is 28.8. The van der Waals surface area contributed by atoms with E-state index in [2.05, 4.69) is 18.4 Å². The fraction of sp³-hybridized carbons (Fsp3) is 0.667. The Labute approximate surface area is 236 Å². The molecular formula is C30H43N5O5. The van der Waals surface area contributed by atoms with E-state index in [1.54, 1.807) is 4.90 Å². The van der Waals surface area contributed by atoms with E-state index >= 15 is 0 Å². The highest BCUT2D eigenvalue weighted by Crippen LogP contribution is 2.41. The fourth-order valence-electron chi connectivity index (χ4n) is 6.60. The SMILES string of the molecule is CC(C)CN(C(=O)c1nc2ccccc2n1C1CC1)[C@H]1C[C@@H](C(=O)N2CCOCC2)CN(C(=O)O)C1C(C)(C)C. The third-order valence-electron chi connectivity index (χ3n) is 8.37. The predicted molar refractivity (Wildman–Crippen MR) is 151 cm³/mol. The smallest absolute Gasteiger partial charge is 0.407 e. The molecule has 1 aliphatic carbocycles. The summed E-state index contributed by atoms with van der Waals surface area (Å²) < 4.78 is 7.52. The summed E-state index contributed by atoms with van der Waals surface area (Å²) in [4.78, 5) is 50.9. The van der Waals surface area contributed by atoms with Crippen molar-refractivity contribution in [3.05, 3.63) is 30.1 Å². The Morgan fingerprint density at radius 1 is 1.12 bits per heavy atom. The van der Waals surface area contributed by atoms with E-state index in [0.29, 0.717) is 45.1 Å². The number of ether oxygens (including phenoxy) is 1. The zero-order valence-electron chi connectivity index (χ0n) is 24.4. The van der Waals surface area contributed by atoms with E-state index < -0.39 is 29.5 Å². The molecule has 1 aromatic heterocycles. The molecule has 0 bridgehead atoms. The van der Waals surface area contributed by atoms with Crippen LogP contribution in [0.1, 0.15) is 70.5 Å². The Morgan fingerprint density at radius 2 is 1.80 bits per heavy atom. The minimum Gasteiger partial charge on any atom is -0.465 e. The van der Waals surface area contributed by atoms with Crippen molar-refractivity contribution in [1.29, 1.82) is 0 Å². The van der Waals surface area contributed by atoms with Gasteiger partial charge in [-0.15, -0.1) is 0 Å². The molecule has 3 aliphatic rings. The van der Waals surface area contributed by atoms with E-state index in [1.165, 1.54) is 4.90 Å². The van der Waals surface area contributed by atoms with Crippen LogP contribution in [0.25, 0.3) is 11.0 Å². The maximum atomic E-state index is 14.6. The average molecular weight is 554 g/mol. The number of hydrogen-bond donors (Lipinski definition) is 1. The molecule has 2 aromatic rings. The Hall–Kier alpha value is -3.14. The molecule has 1 unspecified atom stereocenters. The van der Waals surface area contributed by atoms with Gasteiger partial charge < -0.3 is 29.1 Å². The van der Waals surface area contributed by atoms with Crippen LogP contribution in [-0.2, 0) is 9.53 Å². The monoisotopic (exact) mass is 553 g/mol. The molecule has 3 amide bonds. The minimum absolute atomic E-state index is 0.0610. The highest BCUT2D eigenvalue weighted by molar-refractivity contribution is 5.95. The predicted octanol–water partition coefficient (Wildman–Crippen LogP) is 4.11. The van der Waals surface area contributed by atoms with Crippen LogP contribution in [0.2, 0.25) is 0 Å². The van der Waals surface area contributed by atoms with Crippen molar-refractivity contribution in [2.45, 2.75) is 72.0 Å². The maximum Gasteiger partial charge on any atom is 0.407 e. The van der Waals surface area contributed by atoms with Crippen molar-refractivity contribution in [3.8, 4) is 0 Å². The highest BCUT2D eigenvalue weighted by Gasteiger charge is 2.50. The summed E-state index contributed by atoms with van der Waals surface area (Å²) in [5.74, 6) is -0.255. The molecule has 10 heteroatoms. The van der Waals surface area contributed by atoms with Crippen molar-refractivity contribution < 1.29 is 24.2 Å². The first kappa shape index (κ1) is 28.4. The number of para-hydroxylation sites is 2. The summed E-state index contributed by atoms with van der Waals surface area (Å²) in [5, 5.41) is 10.4. The number of aromatic nitrogens is 2. The van der Waals surface area contributed by atoms with E-state index in [1.807, 2.05) is 49.9 Å². The summed E-state index contributed by atoms with van der Waals surface area (Å²) in [5.41, 5.74) is 1.26. The van der Waals surface area contributed by atoms with E-state index in [0.717, 1.165) is 23.9 Å². The van der Waals surface area contributed by atoms with Crippen LogP contribution in [0.3, 0.4) is 0 Å². The molecule has 2 saturated heterocycles. The molecule has 1 N–H and O–H groups in total. The van der Waals surface area contributed by atoms with E-state index in [9.17, 15) is 19.5 Å². The molecule has 0 spiro atoms. The number of rotatable bonds is 6. The van der Waals surface area contributed by atoms with Crippen LogP contribution in [-0.4, -0.2) is 98.7 Å². The number of imidazole rings is 1. The highest BCUT2D eigenvalue weighted by atomic mass is 16.5. The maximum absolute atomic E-state index is 14.6. The number of fused-ring (bicyclic) bond motifs is 1. The number of piperidine rings is 1. The Balaban J connectivity index is 1.58. The molecule has 10 nitrogen and oxygen atoms in total. The van der Waals surface area contributed by atoms with Gasteiger partial charge in [-0.2, -0.15) is 0 Å². The minimum atomic E-state index is -1.06. The second-order valence-corrected chi connectivity index (χ2v) is 13.1. The summed E-state index contributed by atoms with van der Waals surface area (Å²) in [6.07, 6.45) is 1.35. The summed E-state index contributed by atoms with van der Waals surface area (Å²) in [7, 11) is 0. The fourth-order valence-corrected chi connectivity index (χ4v) is 6.60. The summed E-state index contributed by atoms with van der Waals surface area (Å²) >= 11 is 0. The largest absolute Gasteiger partial charge is 0.465 e. The number of carbonyl (C=O) groups is 3. The lowest BCUT2D eigenvalue weighted by atomic mass is 9.74. The molecule has 1 aromatic carbocycles. The molecule has 40 heavy (non-hydrogen) atoms. The first-order valence-electron chi connectivity index (χ1n) is 14.6. The second-order valence-electron chi connectivity index (χ2n) is 13.1. The number of nitrogens with zero attached hydrogens (tertiary/aromatic N) is 5. The Kier molecular flexibility index (Phi) is 7.83. The zero-order valence-corrected chi connectivity index (χ0v) is 24.4. The van der Waals surface area contributed by atoms with Gasteiger partial charge in [-0.05, 0) is 42.7 Å². The van der Waals surface area contributed by atoms with Crippen LogP contribution in [0, 0.1) is 17.3 Å². The first-order valence-corrected chi connectivity index (χ1v) is 14.6. The van der Waals surface area contributed by atoms with Crippen molar-refractivity contribution in [2.75, 3.05) is 39.4 Å². The number of amides is 3. The number of morpholine rings is 1. The Morgan fingerprint density at radius 3 is 2.40 bits per heavy atom. The van der Waals surface area contributed by atoms with Crippen LogP contribution < -0.4 is 0 Å². The normalized spacial score (nSPS) is 24.0. The molecule has 218 valence electrons. The third-order valence-corrected chi connectivity index (χ3v) is 8.37. The molecule has 3 fully saturated rings. The quantitative estimate of drug-likeness (QED) is 0.577. The molecule has 3 atom stereocenters. The number of carbonyl (C=O) groups excluding carboxylic acids is 2. The molecule has 1 saturated carbocycles. The Bertz CT molecular complexity index is 1260. The second kappa shape index (κ2) is 11.0. The first-order chi connectivity index (χ1) is 19.0. The number of likely N-dealkylation sites (tertiary alicyclic amines) is 1. The lowest BCUT2D eigenvalue weighted by Gasteiger charge is -2.52. The third kappa shape index (κ3) is 5.55. The van der Waals surface area contributed by atoms with Gasteiger partial charge in [0, 0.05) is 32.2 Å². The molecule has 5 rings (SSSR count). The molecular weight excluding hydrogens is 510 g/mol. The van der Waals surface area contributed by atoms with Gasteiger partial charge in [0.25, 0.3) is 5.91 Å². The van der Waals surface area contributed by atoms with Gasteiger partial charge in [-0.1, -0.05) is 46.8 Å². The van der Waals surface area contributed by atoms with Gasteiger partial charge in [0.05, 0.1) is 42.2 Å². The van der Waals surface area contributed by atoms with Gasteiger partial charge in [0.2, 0.25) is 11.7 Å². The number of benzene rings is 1. The standard InChI is InChI=1S/C30H43N5O5/c1-19(2)17-33(28(37)26-31-22-8-6-7-9-23(22)35(26)21-10-11-21)24-16-20(27(36)32-12-14-40-15-13-32)18-34(29(38)39)25(24)30(3,4)5/h6-9,19-21,24-25H,10-18H2,1-5H3,(H,38,39)/t20-,24+,25?/m1/s1. The topological polar surface area (TPSA) is 108 Å². The number of hydrogen-bond acceptors (Lipinski definition) is 5. The number of carboxylic acid groups (broad SMARTS) is 1. The van der Waals surface area contributed by atoms with Crippen LogP contribution in [0.5, 0.6) is 0 Å². The molecule has 0 radical (unpaired) electrons. The van der Waals surface area contributed by atoms with Crippen LogP contribution in [0.15, 0.2) is 24.3 Å². The average Bonchev–Trinajstić information content (AvgIpc) is 3.69. The van der Waals surface area contributed by atoms with E-state index in [-0.39, 0.29) is 30.3 Å². The van der Waals surface area contributed by atoms with E-state index in [4.69, 9.17) is 9.72 Å². The summed E-state index contributed by atoms with van der Waals surface area (Å²) in [6.45, 7) is 12.7. The van der Waals surface area contributed by atoms with Gasteiger partial charge in [-0.25, -0.2) is 9.78 Å². The van der Waals surface area contributed by atoms with Gasteiger partial charge in [0.15, 0.2) is 0 Å². The van der Waals surface area contributed by atoms with Crippen LogP contribution in [0.4, 0.5) is 4.79 Å². The van der Waals surface area contributed by atoms with Crippen molar-refractivity contribution >= 4 is 28.9 Å². The molecule has 2 aliphatic heterocycles. The summed E-state index contributed by atoms with van der Waals surface area (Å²) in [6, 6.07) is 7.10. The van der Waals surface area contributed by atoms with Crippen molar-refractivity contribution in [3.63, 3.8) is 0 Å². The van der Waals surface area contributed by atoms with Crippen molar-refractivity contribution in [2.24, 2.45) is 17.3 Å². The molecule has 3 heterocycles. The van der Waals surface area contributed by atoms with Crippen LogP contribution >= 0.6 is 0 Å². The van der Waals surface area contributed by atoms with Gasteiger partial charge in [-0.3, -0.25) is 9.59 Å². The van der Waals surface area contributed by atoms with Gasteiger partial charge in [0.1, 0.15) is 0 Å². The lowest BCUT2D eigenvalue weighted by molar-refractivity contribution is -0.144.